The third kappa shape index (κ3) is 9.81. The Kier molecular flexibility index (Phi) is 13.5. The summed E-state index contributed by atoms with van der Waals surface area (Å²) in [6.07, 6.45) is 0.344. The van der Waals surface area contributed by atoms with Gasteiger partial charge in [-0.2, -0.15) is 0 Å². The van der Waals surface area contributed by atoms with E-state index in [9.17, 15) is 0 Å². The maximum Gasteiger partial charge on any atom is 0.192 e. The molecule has 6 nitrogen and oxygen atoms in total. The number of rotatable bonds is 17. The van der Waals surface area contributed by atoms with Crippen LogP contribution in [-0.2, 0) is 47.9 Å². The highest BCUT2D eigenvalue weighted by Crippen LogP contribution is 2.42. The predicted molar refractivity (Wildman–Crippen MR) is 187 cm³/mol. The Hall–Kier alpha value is -2.88. The molecule has 46 heavy (non-hydrogen) atoms. The van der Waals surface area contributed by atoms with Crippen LogP contribution >= 0.6 is 0 Å². The first-order valence-electron chi connectivity index (χ1n) is 16.2. The van der Waals surface area contributed by atoms with Crippen LogP contribution in [0.15, 0.2) is 116 Å². The van der Waals surface area contributed by atoms with E-state index in [2.05, 4.69) is 83.4 Å². The van der Waals surface area contributed by atoms with E-state index in [1.165, 1.54) is 0 Å². The summed E-state index contributed by atoms with van der Waals surface area (Å²) in [5.74, 6) is 0. The van der Waals surface area contributed by atoms with E-state index in [1.807, 2.05) is 54.6 Å². The Balaban J connectivity index is 1.80. The van der Waals surface area contributed by atoms with Crippen molar-refractivity contribution >= 4 is 8.32 Å². The van der Waals surface area contributed by atoms with E-state index < -0.39 is 44.9 Å². The average molecular weight is 645 g/mol. The standard InChI is InChI=1S/C39H52O6Si/c1-8-25-40-33-34(42-27-30-19-13-10-14-20-30)35(43-28-31-21-15-11-16-22-31)36(41-26-9-2)38(45-46(6,7)39(3,4)5)37(33)44-29-32-23-17-12-18-24-32/h8-24,33-38H,1-2,25-29H2,3-7H3/t33-,34-,35+,36-,37+,38-/m0/s1. The first-order valence-corrected chi connectivity index (χ1v) is 19.1. The van der Waals surface area contributed by atoms with Crippen molar-refractivity contribution < 1.29 is 28.1 Å². The fraction of sp³-hybridized carbons (Fsp3) is 0.436. The molecule has 0 bridgehead atoms. The van der Waals surface area contributed by atoms with Gasteiger partial charge in [0.1, 0.15) is 36.6 Å². The zero-order valence-electron chi connectivity index (χ0n) is 28.2. The van der Waals surface area contributed by atoms with Gasteiger partial charge in [0.2, 0.25) is 0 Å². The Labute approximate surface area is 277 Å². The first-order chi connectivity index (χ1) is 22.1. The van der Waals surface area contributed by atoms with Crippen molar-refractivity contribution in [3.05, 3.63) is 133 Å². The average Bonchev–Trinajstić information content (AvgIpc) is 3.05. The molecule has 4 rings (SSSR count). The maximum absolute atomic E-state index is 7.27. The molecule has 3 aromatic rings. The Bertz CT molecular complexity index is 1310. The summed E-state index contributed by atoms with van der Waals surface area (Å²) >= 11 is 0. The summed E-state index contributed by atoms with van der Waals surface area (Å²) in [6.45, 7) is 20.9. The molecule has 0 spiro atoms. The molecule has 1 saturated carbocycles. The molecule has 0 unspecified atom stereocenters. The van der Waals surface area contributed by atoms with Gasteiger partial charge in [0.15, 0.2) is 8.32 Å². The van der Waals surface area contributed by atoms with E-state index in [4.69, 9.17) is 28.1 Å². The van der Waals surface area contributed by atoms with Gasteiger partial charge in [0.25, 0.3) is 0 Å². The van der Waals surface area contributed by atoms with Crippen molar-refractivity contribution in [2.75, 3.05) is 13.2 Å². The van der Waals surface area contributed by atoms with Gasteiger partial charge in [-0.3, -0.25) is 0 Å². The van der Waals surface area contributed by atoms with Crippen molar-refractivity contribution in [3.63, 3.8) is 0 Å². The fourth-order valence-corrected chi connectivity index (χ4v) is 6.68. The zero-order valence-corrected chi connectivity index (χ0v) is 29.2. The van der Waals surface area contributed by atoms with Crippen molar-refractivity contribution in [3.8, 4) is 0 Å². The molecule has 0 radical (unpaired) electrons. The van der Waals surface area contributed by atoms with Crippen LogP contribution in [0.25, 0.3) is 0 Å². The van der Waals surface area contributed by atoms with Gasteiger partial charge < -0.3 is 28.1 Å². The van der Waals surface area contributed by atoms with Crippen LogP contribution in [0, 0.1) is 0 Å². The SMILES string of the molecule is C=CCO[C@H]1[C@H](OCc2ccccc2)[C@@H](OCc2ccccc2)[C@H](OCC=C)[C@H](O[Si](C)(C)C(C)(C)C)[C@@H]1OCc1ccccc1. The number of hydrogen-bond acceptors (Lipinski definition) is 6. The molecule has 248 valence electrons. The minimum atomic E-state index is -2.35. The molecular formula is C39H52O6Si. The maximum atomic E-state index is 7.27. The largest absolute Gasteiger partial charge is 0.408 e. The van der Waals surface area contributed by atoms with E-state index in [-0.39, 0.29) is 5.04 Å². The summed E-state index contributed by atoms with van der Waals surface area (Å²) in [7, 11) is -2.35. The van der Waals surface area contributed by atoms with Crippen molar-refractivity contribution in [2.24, 2.45) is 0 Å². The monoisotopic (exact) mass is 644 g/mol. The molecule has 0 heterocycles. The lowest BCUT2D eigenvalue weighted by molar-refractivity contribution is -0.273. The lowest BCUT2D eigenvalue weighted by atomic mass is 9.83. The summed E-state index contributed by atoms with van der Waals surface area (Å²) in [6, 6.07) is 30.5. The van der Waals surface area contributed by atoms with Gasteiger partial charge in [0, 0.05) is 0 Å². The second-order valence-corrected chi connectivity index (χ2v) is 18.1. The van der Waals surface area contributed by atoms with Gasteiger partial charge in [-0.05, 0) is 34.8 Å². The van der Waals surface area contributed by atoms with E-state index in [0.717, 1.165) is 16.7 Å². The number of ether oxygens (including phenoxy) is 5. The number of benzene rings is 3. The van der Waals surface area contributed by atoms with Crippen LogP contribution in [0.4, 0.5) is 0 Å². The van der Waals surface area contributed by atoms with Crippen molar-refractivity contribution in [1.29, 1.82) is 0 Å². The third-order valence-corrected chi connectivity index (χ3v) is 13.3. The molecule has 7 heteroatoms. The smallest absolute Gasteiger partial charge is 0.192 e. The Morgan fingerprint density at radius 3 is 1.15 bits per heavy atom. The molecule has 0 N–H and O–H groups in total. The summed E-state index contributed by atoms with van der Waals surface area (Å²) < 4.78 is 41.0. The van der Waals surface area contributed by atoms with Gasteiger partial charge in [0.05, 0.1) is 33.0 Å². The minimum Gasteiger partial charge on any atom is -0.408 e. The highest BCUT2D eigenvalue weighted by Gasteiger charge is 2.57. The van der Waals surface area contributed by atoms with Gasteiger partial charge >= 0.3 is 0 Å². The van der Waals surface area contributed by atoms with Crippen molar-refractivity contribution in [1.82, 2.24) is 0 Å². The summed E-state index contributed by atoms with van der Waals surface area (Å²) in [5.41, 5.74) is 3.17. The van der Waals surface area contributed by atoms with E-state index in [0.29, 0.717) is 33.0 Å². The molecule has 0 amide bonds. The van der Waals surface area contributed by atoms with E-state index >= 15 is 0 Å². The van der Waals surface area contributed by atoms with E-state index in [1.54, 1.807) is 12.2 Å². The quantitative estimate of drug-likeness (QED) is 0.109. The summed E-state index contributed by atoms with van der Waals surface area (Å²) in [4.78, 5) is 0. The fourth-order valence-electron chi connectivity index (χ4n) is 5.38. The molecule has 0 saturated heterocycles. The van der Waals surface area contributed by atoms with Crippen LogP contribution in [0.1, 0.15) is 37.5 Å². The first kappa shape index (κ1) is 36.0. The van der Waals surface area contributed by atoms with Crippen molar-refractivity contribution in [2.45, 2.75) is 95.3 Å². The molecule has 1 aliphatic carbocycles. The molecule has 3 aromatic carbocycles. The van der Waals surface area contributed by atoms with Crippen LogP contribution < -0.4 is 0 Å². The molecule has 0 aromatic heterocycles. The Morgan fingerprint density at radius 2 is 0.826 bits per heavy atom. The van der Waals surface area contributed by atoms with Gasteiger partial charge in [-0.1, -0.05) is 124 Å². The summed E-state index contributed by atoms with van der Waals surface area (Å²) in [5, 5.41) is -0.0571. The highest BCUT2D eigenvalue weighted by molar-refractivity contribution is 6.74. The molecule has 1 fully saturated rings. The van der Waals surface area contributed by atoms with Gasteiger partial charge in [-0.15, -0.1) is 13.2 Å². The van der Waals surface area contributed by atoms with Crippen LogP contribution in [-0.4, -0.2) is 58.2 Å². The zero-order chi connectivity index (χ0) is 33.0. The lowest BCUT2D eigenvalue weighted by Crippen LogP contribution is -2.69. The second kappa shape index (κ2) is 17.3. The molecule has 0 aliphatic heterocycles. The Morgan fingerprint density at radius 1 is 0.522 bits per heavy atom. The highest BCUT2D eigenvalue weighted by atomic mass is 28.4. The second-order valence-electron chi connectivity index (χ2n) is 13.3. The van der Waals surface area contributed by atoms with Crippen LogP contribution in [0.2, 0.25) is 18.1 Å². The predicted octanol–water partition coefficient (Wildman–Crippen LogP) is 8.29. The lowest BCUT2D eigenvalue weighted by Gasteiger charge is -2.52. The van der Waals surface area contributed by atoms with Gasteiger partial charge in [-0.25, -0.2) is 0 Å². The molecule has 1 aliphatic rings. The molecular weight excluding hydrogens is 593 g/mol. The van der Waals surface area contributed by atoms with Crippen LogP contribution in [0.3, 0.4) is 0 Å². The van der Waals surface area contributed by atoms with Crippen LogP contribution in [0.5, 0.6) is 0 Å². The molecule has 6 atom stereocenters. The normalized spacial score (nSPS) is 23.6. The topological polar surface area (TPSA) is 55.4 Å². The minimum absolute atomic E-state index is 0.0571. The number of hydrogen-bond donors (Lipinski definition) is 0. The third-order valence-electron chi connectivity index (χ3n) is 8.85.